The van der Waals surface area contributed by atoms with Crippen molar-refractivity contribution in [1.29, 1.82) is 0 Å². The van der Waals surface area contributed by atoms with Gasteiger partial charge < -0.3 is 10.6 Å². The van der Waals surface area contributed by atoms with Crippen LogP contribution in [0.3, 0.4) is 0 Å². The van der Waals surface area contributed by atoms with Gasteiger partial charge in [0.2, 0.25) is 0 Å². The molecule has 1 rings (SSSR count). The Morgan fingerprint density at radius 3 is 2.61 bits per heavy atom. The quantitative estimate of drug-likeness (QED) is 0.833. The molecule has 2 N–H and O–H groups in total. The second-order valence-corrected chi connectivity index (χ2v) is 6.48. The lowest BCUT2D eigenvalue weighted by Gasteiger charge is -2.14. The molecule has 0 aliphatic carbocycles. The van der Waals surface area contributed by atoms with E-state index in [1.807, 2.05) is 0 Å². The predicted octanol–water partition coefficient (Wildman–Crippen LogP) is 0.891. The molecule has 5 nitrogen and oxygen atoms in total. The van der Waals surface area contributed by atoms with Gasteiger partial charge in [-0.15, -0.1) is 0 Å². The zero-order valence-electron chi connectivity index (χ0n) is 10.7. The number of benzene rings is 1. The van der Waals surface area contributed by atoms with Gasteiger partial charge in [0.1, 0.15) is 9.84 Å². The Morgan fingerprint density at radius 2 is 2.06 bits per heavy atom. The van der Waals surface area contributed by atoms with E-state index in [0.717, 1.165) is 5.69 Å². The van der Waals surface area contributed by atoms with Gasteiger partial charge in [-0.2, -0.15) is 0 Å². The Labute approximate surface area is 108 Å². The molecule has 100 valence electrons. The number of hydrogen-bond donors (Lipinski definition) is 2. The van der Waals surface area contributed by atoms with Crippen molar-refractivity contribution >= 4 is 21.4 Å². The van der Waals surface area contributed by atoms with Crippen LogP contribution in [0.5, 0.6) is 0 Å². The maximum Gasteiger partial charge on any atom is 0.251 e. The number of carbonyl (C=O) groups excluding carboxylic acids is 1. The number of anilines is 1. The van der Waals surface area contributed by atoms with Crippen LogP contribution in [0.15, 0.2) is 24.3 Å². The summed E-state index contributed by atoms with van der Waals surface area (Å²) in [5, 5.41) is 5.60. The van der Waals surface area contributed by atoms with Crippen molar-refractivity contribution in [3.63, 3.8) is 0 Å². The molecule has 0 fully saturated rings. The summed E-state index contributed by atoms with van der Waals surface area (Å²) in [5.41, 5.74) is 1.27. The minimum absolute atomic E-state index is 0.0528. The third-order valence-electron chi connectivity index (χ3n) is 2.32. The lowest BCUT2D eigenvalue weighted by molar-refractivity contribution is 0.0963. The third kappa shape index (κ3) is 4.75. The van der Waals surface area contributed by atoms with Gasteiger partial charge in [0, 0.05) is 30.6 Å². The molecule has 0 heterocycles. The lowest BCUT2D eigenvalue weighted by atomic mass is 10.2. The highest BCUT2D eigenvalue weighted by Gasteiger charge is 2.11. The molecule has 0 saturated carbocycles. The van der Waals surface area contributed by atoms with Gasteiger partial charge in [0.15, 0.2) is 0 Å². The number of hydrogen-bond acceptors (Lipinski definition) is 4. The summed E-state index contributed by atoms with van der Waals surface area (Å²) in [6.07, 6.45) is 1.20. The number of sulfone groups is 1. The molecule has 0 aromatic heterocycles. The molecule has 0 aliphatic heterocycles. The Hall–Kier alpha value is -1.56. The highest BCUT2D eigenvalue weighted by Crippen LogP contribution is 2.12. The van der Waals surface area contributed by atoms with Gasteiger partial charge in [0.05, 0.1) is 5.75 Å². The van der Waals surface area contributed by atoms with E-state index in [9.17, 15) is 13.2 Å². The Bertz CT molecular complexity index is 526. The van der Waals surface area contributed by atoms with Crippen molar-refractivity contribution in [2.45, 2.75) is 13.0 Å². The van der Waals surface area contributed by atoms with Gasteiger partial charge in [-0.1, -0.05) is 6.07 Å². The monoisotopic (exact) mass is 270 g/mol. The number of carbonyl (C=O) groups is 1. The largest absolute Gasteiger partial charge is 0.382 e. The molecule has 1 amide bonds. The third-order valence-corrected chi connectivity index (χ3v) is 3.42. The fraction of sp³-hybridized carbons (Fsp3) is 0.417. The smallest absolute Gasteiger partial charge is 0.251 e. The van der Waals surface area contributed by atoms with Crippen LogP contribution >= 0.6 is 0 Å². The first-order chi connectivity index (χ1) is 8.31. The normalized spacial score (nSPS) is 12.8. The van der Waals surface area contributed by atoms with Crippen LogP contribution in [-0.4, -0.2) is 39.4 Å². The molecule has 0 radical (unpaired) electrons. The van der Waals surface area contributed by atoms with Crippen molar-refractivity contribution in [2.75, 3.05) is 24.4 Å². The summed E-state index contributed by atoms with van der Waals surface area (Å²) >= 11 is 0. The minimum Gasteiger partial charge on any atom is -0.382 e. The van der Waals surface area contributed by atoms with E-state index in [2.05, 4.69) is 10.6 Å². The van der Waals surface area contributed by atoms with Gasteiger partial charge >= 0.3 is 0 Å². The van der Waals surface area contributed by atoms with E-state index < -0.39 is 9.84 Å². The summed E-state index contributed by atoms with van der Waals surface area (Å²) in [7, 11) is -1.45. The first-order valence-corrected chi connectivity index (χ1v) is 7.64. The lowest BCUT2D eigenvalue weighted by Crippen LogP contribution is -2.25. The zero-order chi connectivity index (χ0) is 13.8. The van der Waals surface area contributed by atoms with Crippen LogP contribution in [0.4, 0.5) is 5.69 Å². The van der Waals surface area contributed by atoms with Gasteiger partial charge in [0.25, 0.3) is 5.91 Å². The van der Waals surface area contributed by atoms with E-state index in [0.29, 0.717) is 5.56 Å². The standard InChI is InChI=1S/C12H18N2O3S/c1-9(8-18(3,16)17)14-11-6-4-5-10(7-11)12(15)13-2/h4-7,9,14H,8H2,1-3H3,(H,13,15). The fourth-order valence-corrected chi connectivity index (χ4v) is 2.67. The second kappa shape index (κ2) is 5.86. The van der Waals surface area contributed by atoms with E-state index in [4.69, 9.17) is 0 Å². The molecule has 0 saturated heterocycles. The molecule has 0 spiro atoms. The molecule has 1 unspecified atom stereocenters. The van der Waals surface area contributed by atoms with E-state index in [1.165, 1.54) is 6.26 Å². The van der Waals surface area contributed by atoms with E-state index >= 15 is 0 Å². The molecule has 1 aromatic rings. The predicted molar refractivity (Wildman–Crippen MR) is 72.6 cm³/mol. The molecule has 1 aromatic carbocycles. The van der Waals surface area contributed by atoms with Crippen LogP contribution in [0.2, 0.25) is 0 Å². The van der Waals surface area contributed by atoms with Crippen LogP contribution in [0.25, 0.3) is 0 Å². The van der Waals surface area contributed by atoms with Crippen molar-refractivity contribution in [2.24, 2.45) is 0 Å². The van der Waals surface area contributed by atoms with E-state index in [-0.39, 0.29) is 17.7 Å². The van der Waals surface area contributed by atoms with Gasteiger partial charge in [-0.25, -0.2) is 8.42 Å². The molecular weight excluding hydrogens is 252 g/mol. The van der Waals surface area contributed by atoms with Crippen LogP contribution in [0.1, 0.15) is 17.3 Å². The maximum absolute atomic E-state index is 11.4. The summed E-state index contributed by atoms with van der Waals surface area (Å²) in [6.45, 7) is 1.79. The van der Waals surface area contributed by atoms with Crippen LogP contribution in [0, 0.1) is 0 Å². The van der Waals surface area contributed by atoms with Crippen molar-refractivity contribution in [3.05, 3.63) is 29.8 Å². The average Bonchev–Trinajstić information content (AvgIpc) is 2.25. The first-order valence-electron chi connectivity index (χ1n) is 5.58. The Kier molecular flexibility index (Phi) is 4.72. The molecule has 1 atom stereocenters. The fourth-order valence-electron chi connectivity index (χ4n) is 1.67. The average molecular weight is 270 g/mol. The van der Waals surface area contributed by atoms with Crippen molar-refractivity contribution in [3.8, 4) is 0 Å². The Morgan fingerprint density at radius 1 is 1.39 bits per heavy atom. The Balaban J connectivity index is 2.76. The van der Waals surface area contributed by atoms with Gasteiger partial charge in [-0.05, 0) is 25.1 Å². The summed E-state index contributed by atoms with van der Waals surface area (Å²) in [5.74, 6) is -0.119. The van der Waals surface area contributed by atoms with Crippen molar-refractivity contribution in [1.82, 2.24) is 5.32 Å². The number of amides is 1. The maximum atomic E-state index is 11.4. The minimum atomic E-state index is -3.02. The number of rotatable bonds is 5. The first kappa shape index (κ1) is 14.5. The summed E-state index contributed by atoms with van der Waals surface area (Å²) in [6, 6.07) is 6.73. The molecule has 18 heavy (non-hydrogen) atoms. The second-order valence-electron chi connectivity index (χ2n) is 4.30. The molecular formula is C12H18N2O3S. The van der Waals surface area contributed by atoms with Crippen LogP contribution in [-0.2, 0) is 9.84 Å². The van der Waals surface area contributed by atoms with Crippen molar-refractivity contribution < 1.29 is 13.2 Å². The number of nitrogens with one attached hydrogen (secondary N) is 2. The topological polar surface area (TPSA) is 75.3 Å². The molecule has 0 aliphatic rings. The van der Waals surface area contributed by atoms with Gasteiger partial charge in [-0.3, -0.25) is 4.79 Å². The summed E-state index contributed by atoms with van der Waals surface area (Å²) in [4.78, 5) is 11.4. The molecule has 0 bridgehead atoms. The molecule has 6 heteroatoms. The zero-order valence-corrected chi connectivity index (χ0v) is 11.5. The van der Waals surface area contributed by atoms with Crippen LogP contribution < -0.4 is 10.6 Å². The highest BCUT2D eigenvalue weighted by molar-refractivity contribution is 7.90. The summed E-state index contributed by atoms with van der Waals surface area (Å²) < 4.78 is 22.3. The van der Waals surface area contributed by atoms with E-state index in [1.54, 1.807) is 38.2 Å². The highest BCUT2D eigenvalue weighted by atomic mass is 32.2. The SMILES string of the molecule is CNC(=O)c1cccc(NC(C)CS(C)(=O)=O)c1.